The summed E-state index contributed by atoms with van der Waals surface area (Å²) in [5.74, 6) is 0.303. The molecular formula is C19H22FNO2. The van der Waals surface area contributed by atoms with Crippen LogP contribution in [0.3, 0.4) is 0 Å². The average molecular weight is 315 g/mol. The molecule has 1 amide bonds. The second kappa shape index (κ2) is 7.77. The maximum Gasteiger partial charge on any atom is 0.260 e. The number of amides is 1. The van der Waals surface area contributed by atoms with Gasteiger partial charge in [-0.05, 0) is 56.5 Å². The lowest BCUT2D eigenvalue weighted by Gasteiger charge is -2.16. The van der Waals surface area contributed by atoms with Gasteiger partial charge < -0.3 is 10.1 Å². The lowest BCUT2D eigenvalue weighted by atomic mass is 10.1. The fourth-order valence-corrected chi connectivity index (χ4v) is 2.30. The van der Waals surface area contributed by atoms with Gasteiger partial charge in [0.05, 0.1) is 0 Å². The number of carbonyl (C=O) groups is 1. The van der Waals surface area contributed by atoms with Crippen LogP contribution >= 0.6 is 0 Å². The average Bonchev–Trinajstić information content (AvgIpc) is 2.51. The van der Waals surface area contributed by atoms with Crippen LogP contribution in [-0.4, -0.2) is 18.6 Å². The van der Waals surface area contributed by atoms with Crippen molar-refractivity contribution in [3.63, 3.8) is 0 Å². The summed E-state index contributed by atoms with van der Waals surface area (Å²) >= 11 is 0. The van der Waals surface area contributed by atoms with Gasteiger partial charge in [0.25, 0.3) is 5.91 Å². The molecule has 122 valence electrons. The zero-order valence-corrected chi connectivity index (χ0v) is 13.7. The minimum Gasteiger partial charge on any atom is -0.481 e. The highest BCUT2D eigenvalue weighted by atomic mass is 19.1. The van der Waals surface area contributed by atoms with E-state index in [1.807, 2.05) is 32.0 Å². The monoisotopic (exact) mass is 315 g/mol. The van der Waals surface area contributed by atoms with Gasteiger partial charge in [0.2, 0.25) is 0 Å². The Balaban J connectivity index is 1.81. The molecule has 0 bridgehead atoms. The molecule has 0 heterocycles. The molecule has 0 aliphatic heterocycles. The van der Waals surface area contributed by atoms with Crippen LogP contribution < -0.4 is 10.1 Å². The van der Waals surface area contributed by atoms with Crippen molar-refractivity contribution in [3.05, 3.63) is 65.0 Å². The number of benzene rings is 2. The van der Waals surface area contributed by atoms with Gasteiger partial charge in [0, 0.05) is 6.54 Å². The minimum atomic E-state index is -0.565. The quantitative estimate of drug-likeness (QED) is 0.885. The lowest BCUT2D eigenvalue weighted by molar-refractivity contribution is -0.127. The third-order valence-electron chi connectivity index (χ3n) is 3.63. The number of ether oxygens (including phenoxy) is 1. The first kappa shape index (κ1) is 17.0. The number of rotatable bonds is 6. The standard InChI is InChI=1S/C19H22FNO2/c1-13-4-9-18(14(2)12-13)23-15(3)19(22)21-11-10-16-5-7-17(20)8-6-16/h4-9,12,15H,10-11H2,1-3H3,(H,21,22). The van der Waals surface area contributed by atoms with Crippen LogP contribution in [0.1, 0.15) is 23.6 Å². The van der Waals surface area contributed by atoms with Crippen LogP contribution in [0.5, 0.6) is 5.75 Å². The number of aryl methyl sites for hydroxylation is 2. The highest BCUT2D eigenvalue weighted by molar-refractivity contribution is 5.80. The second-order valence-electron chi connectivity index (χ2n) is 5.70. The lowest BCUT2D eigenvalue weighted by Crippen LogP contribution is -2.37. The molecule has 2 rings (SSSR count). The van der Waals surface area contributed by atoms with E-state index in [1.54, 1.807) is 19.1 Å². The minimum absolute atomic E-state index is 0.160. The molecule has 0 saturated carbocycles. The number of carbonyl (C=O) groups excluding carboxylic acids is 1. The van der Waals surface area contributed by atoms with Crippen LogP contribution in [-0.2, 0) is 11.2 Å². The third kappa shape index (κ3) is 5.09. The second-order valence-corrected chi connectivity index (χ2v) is 5.70. The van der Waals surface area contributed by atoms with Crippen molar-refractivity contribution in [3.8, 4) is 5.75 Å². The molecule has 4 heteroatoms. The Morgan fingerprint density at radius 2 is 1.87 bits per heavy atom. The zero-order chi connectivity index (χ0) is 16.8. The van der Waals surface area contributed by atoms with Crippen molar-refractivity contribution in [2.45, 2.75) is 33.3 Å². The van der Waals surface area contributed by atoms with Crippen molar-refractivity contribution in [2.24, 2.45) is 0 Å². The molecule has 0 fully saturated rings. The molecule has 0 saturated heterocycles. The van der Waals surface area contributed by atoms with E-state index in [-0.39, 0.29) is 11.7 Å². The van der Waals surface area contributed by atoms with E-state index in [0.717, 1.165) is 22.4 Å². The molecule has 2 aromatic rings. The van der Waals surface area contributed by atoms with Gasteiger partial charge in [0.15, 0.2) is 6.10 Å². The first-order valence-electron chi connectivity index (χ1n) is 7.72. The fraction of sp³-hybridized carbons (Fsp3) is 0.316. The fourth-order valence-electron chi connectivity index (χ4n) is 2.30. The summed E-state index contributed by atoms with van der Waals surface area (Å²) in [5, 5.41) is 2.84. The van der Waals surface area contributed by atoms with E-state index in [1.165, 1.54) is 12.1 Å². The predicted molar refractivity (Wildman–Crippen MR) is 89.1 cm³/mol. The smallest absolute Gasteiger partial charge is 0.260 e. The number of hydrogen-bond acceptors (Lipinski definition) is 2. The largest absolute Gasteiger partial charge is 0.481 e. The van der Waals surface area contributed by atoms with Crippen LogP contribution in [0.25, 0.3) is 0 Å². The van der Waals surface area contributed by atoms with Crippen molar-refractivity contribution < 1.29 is 13.9 Å². The summed E-state index contributed by atoms with van der Waals surface area (Å²) in [5.41, 5.74) is 3.15. The molecule has 0 spiro atoms. The topological polar surface area (TPSA) is 38.3 Å². The Kier molecular flexibility index (Phi) is 5.74. The molecule has 3 nitrogen and oxygen atoms in total. The van der Waals surface area contributed by atoms with Gasteiger partial charge in [-0.2, -0.15) is 0 Å². The SMILES string of the molecule is Cc1ccc(OC(C)C(=O)NCCc2ccc(F)cc2)c(C)c1. The molecule has 1 N–H and O–H groups in total. The van der Waals surface area contributed by atoms with E-state index in [0.29, 0.717) is 13.0 Å². The molecule has 0 aliphatic carbocycles. The van der Waals surface area contributed by atoms with E-state index in [2.05, 4.69) is 5.32 Å². The molecule has 0 aromatic heterocycles. The van der Waals surface area contributed by atoms with Gasteiger partial charge >= 0.3 is 0 Å². The van der Waals surface area contributed by atoms with Crippen molar-refractivity contribution in [1.82, 2.24) is 5.32 Å². The van der Waals surface area contributed by atoms with Crippen LogP contribution in [0, 0.1) is 19.7 Å². The summed E-state index contributed by atoms with van der Waals surface area (Å²) in [6.45, 7) is 6.20. The molecule has 1 atom stereocenters. The van der Waals surface area contributed by atoms with Gasteiger partial charge in [-0.3, -0.25) is 4.79 Å². The first-order chi connectivity index (χ1) is 11.0. The molecule has 23 heavy (non-hydrogen) atoms. The van der Waals surface area contributed by atoms with Crippen molar-refractivity contribution >= 4 is 5.91 Å². The first-order valence-corrected chi connectivity index (χ1v) is 7.72. The Morgan fingerprint density at radius 3 is 2.52 bits per heavy atom. The Bertz CT molecular complexity index is 668. The Morgan fingerprint density at radius 1 is 1.17 bits per heavy atom. The van der Waals surface area contributed by atoms with E-state index in [9.17, 15) is 9.18 Å². The third-order valence-corrected chi connectivity index (χ3v) is 3.63. The number of halogens is 1. The van der Waals surface area contributed by atoms with Gasteiger partial charge in [-0.15, -0.1) is 0 Å². The number of nitrogens with one attached hydrogen (secondary N) is 1. The highest BCUT2D eigenvalue weighted by Crippen LogP contribution is 2.20. The summed E-state index contributed by atoms with van der Waals surface area (Å²) < 4.78 is 18.5. The molecule has 2 aromatic carbocycles. The number of hydrogen-bond donors (Lipinski definition) is 1. The predicted octanol–water partition coefficient (Wildman–Crippen LogP) is 3.57. The van der Waals surface area contributed by atoms with Crippen LogP contribution in [0.2, 0.25) is 0 Å². The summed E-state index contributed by atoms with van der Waals surface area (Å²) in [6.07, 6.45) is 0.0899. The molecular weight excluding hydrogens is 293 g/mol. The zero-order valence-electron chi connectivity index (χ0n) is 13.7. The van der Waals surface area contributed by atoms with Crippen molar-refractivity contribution in [2.75, 3.05) is 6.54 Å². The summed E-state index contributed by atoms with van der Waals surface area (Å²) in [6, 6.07) is 12.1. The van der Waals surface area contributed by atoms with Crippen LogP contribution in [0.4, 0.5) is 4.39 Å². The van der Waals surface area contributed by atoms with Crippen molar-refractivity contribution in [1.29, 1.82) is 0 Å². The van der Waals surface area contributed by atoms with Gasteiger partial charge in [-0.1, -0.05) is 29.8 Å². The Labute approximate surface area is 136 Å². The van der Waals surface area contributed by atoms with E-state index < -0.39 is 6.10 Å². The normalized spacial score (nSPS) is 11.8. The molecule has 0 aliphatic rings. The summed E-state index contributed by atoms with van der Waals surface area (Å²) in [7, 11) is 0. The molecule has 1 unspecified atom stereocenters. The maximum atomic E-state index is 12.8. The highest BCUT2D eigenvalue weighted by Gasteiger charge is 2.15. The van der Waals surface area contributed by atoms with Crippen LogP contribution in [0.15, 0.2) is 42.5 Å². The van der Waals surface area contributed by atoms with Gasteiger partial charge in [-0.25, -0.2) is 4.39 Å². The summed E-state index contributed by atoms with van der Waals surface area (Å²) in [4.78, 5) is 12.1. The maximum absolute atomic E-state index is 12.8. The van der Waals surface area contributed by atoms with E-state index >= 15 is 0 Å². The molecule has 0 radical (unpaired) electrons. The van der Waals surface area contributed by atoms with E-state index in [4.69, 9.17) is 4.74 Å². The Hall–Kier alpha value is -2.36. The van der Waals surface area contributed by atoms with Gasteiger partial charge in [0.1, 0.15) is 11.6 Å².